The van der Waals surface area contributed by atoms with E-state index in [-0.39, 0.29) is 55.1 Å². The van der Waals surface area contributed by atoms with Gasteiger partial charge in [0, 0.05) is 26.4 Å². The van der Waals surface area contributed by atoms with E-state index in [2.05, 4.69) is 18.1 Å². The Bertz CT molecular complexity index is 913. The molecule has 6 nitrogen and oxygen atoms in total. The topological polar surface area (TPSA) is 63.2 Å². The first-order chi connectivity index (χ1) is 20.1. The third kappa shape index (κ3) is 11.7. The molecule has 0 aliphatic carbocycles. The number of esters is 1. The average Bonchev–Trinajstić information content (AvgIpc) is 2.97. The Morgan fingerprint density at radius 2 is 1.49 bits per heavy atom. The zero-order valence-electron chi connectivity index (χ0n) is 25.2. The smallest absolute Gasteiger partial charge is 0.308 e. The van der Waals surface area contributed by atoms with Crippen molar-refractivity contribution < 1.29 is 28.5 Å². The first-order valence-electron chi connectivity index (χ1n) is 16.2. The summed E-state index contributed by atoms with van der Waals surface area (Å²) < 4.78 is 31.5. The van der Waals surface area contributed by atoms with E-state index < -0.39 is 0 Å². The highest BCUT2D eigenvalue weighted by Gasteiger charge is 2.36. The standard InChI is InChI=1S/C35H52O6/c1-3-4-5-6-7-8-9-13-17-30-20-28-18-14-19-29(39-28)21-31(37-2)22-33-23-32(24-34(40-33)25-35(36)41-30)38-26-27-15-11-10-12-16-27/h1,10-12,15-16,28-34H,4-9,13-14,17-26H2,2H3/t28-,29-,30-,31+,32+,33+,34+/m0/s1. The van der Waals surface area contributed by atoms with E-state index in [0.29, 0.717) is 13.0 Å². The van der Waals surface area contributed by atoms with Crippen molar-refractivity contribution in [3.8, 4) is 12.3 Å². The molecule has 6 heteroatoms. The summed E-state index contributed by atoms with van der Waals surface area (Å²) in [6, 6.07) is 10.3. The summed E-state index contributed by atoms with van der Waals surface area (Å²) in [5, 5.41) is 0. The van der Waals surface area contributed by atoms with Gasteiger partial charge in [0.2, 0.25) is 0 Å². The van der Waals surface area contributed by atoms with Crippen molar-refractivity contribution in [1.29, 1.82) is 0 Å². The number of hydrogen-bond donors (Lipinski definition) is 0. The van der Waals surface area contributed by atoms with E-state index in [1.807, 2.05) is 18.2 Å². The second-order valence-corrected chi connectivity index (χ2v) is 12.3. The van der Waals surface area contributed by atoms with E-state index >= 15 is 0 Å². The molecule has 0 saturated carbocycles. The maximum Gasteiger partial charge on any atom is 0.308 e. The number of methoxy groups -OCH3 is 1. The molecule has 3 aliphatic heterocycles. The minimum atomic E-state index is -0.207. The summed E-state index contributed by atoms with van der Waals surface area (Å²) in [5.41, 5.74) is 1.16. The number of cyclic esters (lactones) is 1. The molecule has 0 N–H and O–H groups in total. The number of carbonyl (C=O) groups excluding carboxylic acids is 1. The molecule has 7 atom stereocenters. The minimum Gasteiger partial charge on any atom is -0.462 e. The van der Waals surface area contributed by atoms with Crippen LogP contribution in [0.25, 0.3) is 0 Å². The van der Waals surface area contributed by atoms with Crippen LogP contribution in [0.3, 0.4) is 0 Å². The lowest BCUT2D eigenvalue weighted by Gasteiger charge is -2.38. The van der Waals surface area contributed by atoms with Gasteiger partial charge in [-0.25, -0.2) is 0 Å². The van der Waals surface area contributed by atoms with Crippen LogP contribution >= 0.6 is 0 Å². The number of unbranched alkanes of at least 4 members (excludes halogenated alkanes) is 6. The van der Waals surface area contributed by atoms with Crippen LogP contribution in [0.2, 0.25) is 0 Å². The van der Waals surface area contributed by atoms with Gasteiger partial charge in [0.1, 0.15) is 6.10 Å². The highest BCUT2D eigenvalue weighted by Crippen LogP contribution is 2.33. The summed E-state index contributed by atoms with van der Waals surface area (Å²) in [4.78, 5) is 13.3. The maximum absolute atomic E-state index is 13.3. The summed E-state index contributed by atoms with van der Waals surface area (Å²) in [6.07, 6.45) is 21.6. The zero-order valence-corrected chi connectivity index (χ0v) is 25.2. The Hall–Kier alpha value is -1.91. The lowest BCUT2D eigenvalue weighted by atomic mass is 9.91. The van der Waals surface area contributed by atoms with E-state index in [9.17, 15) is 4.79 Å². The molecule has 4 bridgehead atoms. The second-order valence-electron chi connectivity index (χ2n) is 12.3. The molecule has 0 amide bonds. The summed E-state index contributed by atoms with van der Waals surface area (Å²) in [7, 11) is 1.79. The first-order valence-corrected chi connectivity index (χ1v) is 16.2. The van der Waals surface area contributed by atoms with Crippen molar-refractivity contribution >= 4 is 5.97 Å². The van der Waals surface area contributed by atoms with Crippen LogP contribution in [0.1, 0.15) is 115 Å². The van der Waals surface area contributed by atoms with E-state index in [0.717, 1.165) is 82.6 Å². The summed E-state index contributed by atoms with van der Waals surface area (Å²) >= 11 is 0. The van der Waals surface area contributed by atoms with Gasteiger partial charge in [-0.05, 0) is 63.4 Å². The van der Waals surface area contributed by atoms with Crippen LogP contribution in [0.4, 0.5) is 0 Å². The fraction of sp³-hybridized carbons (Fsp3) is 0.743. The molecule has 0 unspecified atom stereocenters. The van der Waals surface area contributed by atoms with Crippen molar-refractivity contribution in [3.63, 3.8) is 0 Å². The van der Waals surface area contributed by atoms with Gasteiger partial charge in [0.15, 0.2) is 0 Å². The van der Waals surface area contributed by atoms with Crippen LogP contribution in [-0.2, 0) is 35.1 Å². The molecule has 41 heavy (non-hydrogen) atoms. The molecule has 228 valence electrons. The lowest BCUT2D eigenvalue weighted by molar-refractivity contribution is -0.169. The van der Waals surface area contributed by atoms with Crippen LogP contribution in [0, 0.1) is 12.3 Å². The van der Waals surface area contributed by atoms with Gasteiger partial charge < -0.3 is 23.7 Å². The molecule has 3 heterocycles. The Morgan fingerprint density at radius 3 is 2.27 bits per heavy atom. The van der Waals surface area contributed by atoms with Crippen LogP contribution in [-0.4, -0.2) is 55.8 Å². The Labute approximate surface area is 248 Å². The largest absolute Gasteiger partial charge is 0.462 e. The number of rotatable bonds is 12. The van der Waals surface area contributed by atoms with Crippen LogP contribution in [0.5, 0.6) is 0 Å². The predicted molar refractivity (Wildman–Crippen MR) is 160 cm³/mol. The van der Waals surface area contributed by atoms with Gasteiger partial charge in [0.05, 0.1) is 49.7 Å². The average molecular weight is 569 g/mol. The number of benzene rings is 1. The normalized spacial score (nSPS) is 31.0. The molecule has 3 saturated heterocycles. The van der Waals surface area contributed by atoms with E-state index in [1.165, 1.54) is 19.3 Å². The molecule has 4 rings (SSSR count). The number of ether oxygens (including phenoxy) is 5. The van der Waals surface area contributed by atoms with Crippen molar-refractivity contribution in [2.45, 2.75) is 158 Å². The highest BCUT2D eigenvalue weighted by atomic mass is 16.6. The summed E-state index contributed by atoms with van der Waals surface area (Å²) in [5.74, 6) is 2.56. The van der Waals surface area contributed by atoms with Gasteiger partial charge in [-0.3, -0.25) is 4.79 Å². The van der Waals surface area contributed by atoms with Crippen molar-refractivity contribution in [2.24, 2.45) is 0 Å². The van der Waals surface area contributed by atoms with Gasteiger partial charge in [-0.1, -0.05) is 56.0 Å². The van der Waals surface area contributed by atoms with Gasteiger partial charge >= 0.3 is 5.97 Å². The number of carbonyl (C=O) groups is 1. The third-order valence-electron chi connectivity index (χ3n) is 8.90. The molecule has 1 aromatic carbocycles. The molecular weight excluding hydrogens is 516 g/mol. The molecule has 0 spiro atoms. The van der Waals surface area contributed by atoms with Crippen molar-refractivity contribution in [1.82, 2.24) is 0 Å². The van der Waals surface area contributed by atoms with E-state index in [1.54, 1.807) is 7.11 Å². The quantitative estimate of drug-likeness (QED) is 0.150. The molecular formula is C35H52O6. The molecule has 1 aromatic rings. The van der Waals surface area contributed by atoms with E-state index in [4.69, 9.17) is 30.1 Å². The molecule has 0 radical (unpaired) electrons. The minimum absolute atomic E-state index is 0.0222. The van der Waals surface area contributed by atoms with Crippen LogP contribution < -0.4 is 0 Å². The molecule has 3 fully saturated rings. The SMILES string of the molecule is C#CCCCCCCCC[C@H]1C[C@@H]2CCC[C@@H](C[C@@H](OC)C[C@@H]3C[C@@H](OCc4ccccc4)C[C@H](CC(=O)O1)O3)O2. The lowest BCUT2D eigenvalue weighted by Crippen LogP contribution is -2.42. The second kappa shape index (κ2) is 17.9. The fourth-order valence-electron chi connectivity index (χ4n) is 6.72. The summed E-state index contributed by atoms with van der Waals surface area (Å²) in [6.45, 7) is 0.562. The molecule has 3 aliphatic rings. The fourth-order valence-corrected chi connectivity index (χ4v) is 6.72. The number of hydrogen-bond acceptors (Lipinski definition) is 6. The van der Waals surface area contributed by atoms with Gasteiger partial charge in [0.25, 0.3) is 0 Å². The first kappa shape index (κ1) is 32.0. The number of fused-ring (bicyclic) bond motifs is 4. The monoisotopic (exact) mass is 568 g/mol. The Kier molecular flexibility index (Phi) is 14.0. The van der Waals surface area contributed by atoms with Gasteiger partial charge in [-0.15, -0.1) is 12.3 Å². The Morgan fingerprint density at radius 1 is 0.829 bits per heavy atom. The van der Waals surface area contributed by atoms with Crippen molar-refractivity contribution in [3.05, 3.63) is 35.9 Å². The molecule has 0 aromatic heterocycles. The third-order valence-corrected chi connectivity index (χ3v) is 8.90. The Balaban J connectivity index is 1.37. The maximum atomic E-state index is 13.3. The highest BCUT2D eigenvalue weighted by molar-refractivity contribution is 5.70. The van der Waals surface area contributed by atoms with Gasteiger partial charge in [-0.2, -0.15) is 0 Å². The number of terminal acetylenes is 1. The zero-order chi connectivity index (χ0) is 28.7. The van der Waals surface area contributed by atoms with Crippen LogP contribution in [0.15, 0.2) is 30.3 Å². The van der Waals surface area contributed by atoms with Crippen molar-refractivity contribution in [2.75, 3.05) is 7.11 Å². The predicted octanol–water partition coefficient (Wildman–Crippen LogP) is 7.31.